The molecule has 5 amide bonds. The number of piperidine rings is 2. The van der Waals surface area contributed by atoms with Crippen LogP contribution in [0, 0.1) is 0 Å². The number of unbranched alkanes of at least 4 members (excludes halogenated alkanes) is 5. The van der Waals surface area contributed by atoms with Crippen molar-refractivity contribution in [3.05, 3.63) is 83.8 Å². The molecule has 2 aromatic carbocycles. The van der Waals surface area contributed by atoms with E-state index in [1.54, 1.807) is 12.1 Å². The molecule has 18 nitrogen and oxygen atoms in total. The molecule has 3 unspecified atom stereocenters. The Morgan fingerprint density at radius 2 is 1.51 bits per heavy atom. The van der Waals surface area contributed by atoms with Crippen molar-refractivity contribution in [2.45, 2.75) is 131 Å². The number of nitrogens with two attached hydrogens (primary N) is 1. The average Bonchev–Trinajstić information content (AvgIpc) is 3.76. The molecular weight excluding hydrogens is 931 g/mol. The summed E-state index contributed by atoms with van der Waals surface area (Å²) in [5.41, 5.74) is 9.38. The molecule has 19 heteroatoms. The lowest BCUT2D eigenvalue weighted by atomic mass is 9.91. The highest BCUT2D eigenvalue weighted by Crippen LogP contribution is 2.34. The number of benzene rings is 2. The van der Waals surface area contributed by atoms with Gasteiger partial charge < -0.3 is 25.8 Å². The summed E-state index contributed by atoms with van der Waals surface area (Å²) in [6.45, 7) is 10.8. The highest BCUT2D eigenvalue weighted by Gasteiger charge is 2.45. The molecule has 380 valence electrons. The predicted octanol–water partition coefficient (Wildman–Crippen LogP) is 5.48. The number of hydrogen-bond acceptors (Lipinski definition) is 16. The van der Waals surface area contributed by atoms with Crippen LogP contribution in [0.4, 0.5) is 23.0 Å². The Balaban J connectivity index is 0.589. The average molecular weight is 998 g/mol. The standard InChI is InChI=1S/C53H67N13O5S/c1-53(54)20-23-63(24-21-53)46-31-56-49(32-55-46)72-41-10-8-9-36(29-41)57-47(67)11-6-4-2-3-5-7-22-65-39-13-14-40(65)35-64(34-39)45-18-12-37(59-60-45)33-61-25-27-62(28-26-61)38-15-16-42-43(30-38)52(71)66(51(42)70)44-17-19-48(68)58-50(44)69/h8-10,12,15-16,18,29-32,39-40,44H,2-7,11,13-14,17,19-28,33-35,54H2,1H3,(H,57,67)(H,58,68,69). The van der Waals surface area contributed by atoms with Crippen molar-refractivity contribution in [3.63, 3.8) is 0 Å². The summed E-state index contributed by atoms with van der Waals surface area (Å²) in [6.07, 6.45) is 15.4. The van der Waals surface area contributed by atoms with Crippen LogP contribution in [-0.2, 0) is 20.9 Å². The van der Waals surface area contributed by atoms with Gasteiger partial charge in [0.2, 0.25) is 17.7 Å². The Kier molecular flexibility index (Phi) is 15.1. The first-order valence-corrected chi connectivity index (χ1v) is 26.8. The number of imide groups is 2. The van der Waals surface area contributed by atoms with Crippen LogP contribution in [0.15, 0.2) is 76.9 Å². The summed E-state index contributed by atoms with van der Waals surface area (Å²) in [4.78, 5) is 86.8. The minimum absolute atomic E-state index is 0.0551. The van der Waals surface area contributed by atoms with Crippen LogP contribution in [0.2, 0.25) is 0 Å². The van der Waals surface area contributed by atoms with Gasteiger partial charge in [0.15, 0.2) is 5.82 Å². The van der Waals surface area contributed by atoms with E-state index in [0.29, 0.717) is 30.6 Å². The highest BCUT2D eigenvalue weighted by molar-refractivity contribution is 7.99. The van der Waals surface area contributed by atoms with Crippen LogP contribution in [-0.4, -0.2) is 147 Å². The number of nitrogens with zero attached hydrogens (tertiary/aromatic N) is 10. The number of piperazine rings is 2. The number of anilines is 4. The number of carbonyl (C=O) groups is 5. The summed E-state index contributed by atoms with van der Waals surface area (Å²) < 4.78 is 0. The van der Waals surface area contributed by atoms with Gasteiger partial charge >= 0.3 is 0 Å². The fraction of sp³-hybridized carbons (Fsp3) is 0.528. The van der Waals surface area contributed by atoms with Crippen molar-refractivity contribution in [1.82, 2.24) is 40.2 Å². The van der Waals surface area contributed by atoms with Crippen molar-refractivity contribution in [3.8, 4) is 0 Å². The summed E-state index contributed by atoms with van der Waals surface area (Å²) >= 11 is 1.54. The first-order chi connectivity index (χ1) is 34.9. The molecule has 2 aromatic heterocycles. The summed E-state index contributed by atoms with van der Waals surface area (Å²) in [6, 6.07) is 17.6. The van der Waals surface area contributed by atoms with Gasteiger partial charge in [-0.1, -0.05) is 43.5 Å². The number of hydrogen-bond donors (Lipinski definition) is 3. The molecule has 8 heterocycles. The maximum absolute atomic E-state index is 13.4. The second-order valence-electron chi connectivity index (χ2n) is 20.8. The van der Waals surface area contributed by atoms with Gasteiger partial charge in [0.05, 0.1) is 29.2 Å². The van der Waals surface area contributed by atoms with Crippen LogP contribution in [0.5, 0.6) is 0 Å². The van der Waals surface area contributed by atoms with Crippen LogP contribution in [0.1, 0.15) is 117 Å². The molecule has 3 atom stereocenters. The Bertz CT molecular complexity index is 2600. The lowest BCUT2D eigenvalue weighted by Gasteiger charge is -2.41. The SMILES string of the molecule is CC1(N)CCN(c2cnc(Sc3cccc(NC(=O)CCCCCCCCN4C5CCC4CN(c4ccc(CN6CCN(c7ccc8c(c7)C(=O)N(C7CCC(=O)NC7=O)C8=O)CC6)nn4)C5)c3)cn2)CC1. The first kappa shape index (κ1) is 49.6. The van der Waals surface area contributed by atoms with E-state index < -0.39 is 29.7 Å². The Hall–Kier alpha value is -6.02. The molecule has 2 bridgehead atoms. The van der Waals surface area contributed by atoms with Crippen molar-refractivity contribution in [1.29, 1.82) is 0 Å². The van der Waals surface area contributed by atoms with E-state index >= 15 is 0 Å². The predicted molar refractivity (Wildman–Crippen MR) is 276 cm³/mol. The summed E-state index contributed by atoms with van der Waals surface area (Å²) in [5.74, 6) is -0.0953. The quantitative estimate of drug-likeness (QED) is 0.0834. The maximum atomic E-state index is 13.4. The Morgan fingerprint density at radius 3 is 2.24 bits per heavy atom. The van der Waals surface area contributed by atoms with E-state index in [0.717, 1.165) is 135 Å². The van der Waals surface area contributed by atoms with E-state index in [4.69, 9.17) is 10.8 Å². The van der Waals surface area contributed by atoms with Gasteiger partial charge in [-0.05, 0) is 107 Å². The van der Waals surface area contributed by atoms with E-state index in [1.807, 2.05) is 42.7 Å². The molecule has 6 aliphatic rings. The number of aromatic nitrogens is 4. The normalized spacial score (nSPS) is 22.4. The number of rotatable bonds is 18. The molecule has 0 radical (unpaired) electrons. The molecule has 10 rings (SSSR count). The first-order valence-electron chi connectivity index (χ1n) is 26.0. The molecule has 6 aliphatic heterocycles. The lowest BCUT2D eigenvalue weighted by Crippen LogP contribution is -2.54. The van der Waals surface area contributed by atoms with Gasteiger partial charge in [-0.3, -0.25) is 44.0 Å². The minimum Gasteiger partial charge on any atom is -0.369 e. The van der Waals surface area contributed by atoms with Crippen LogP contribution < -0.4 is 31.1 Å². The fourth-order valence-electron chi connectivity index (χ4n) is 11.2. The zero-order valence-corrected chi connectivity index (χ0v) is 42.2. The van der Waals surface area contributed by atoms with Gasteiger partial charge in [-0.15, -0.1) is 5.10 Å². The van der Waals surface area contributed by atoms with Crippen LogP contribution in [0.3, 0.4) is 0 Å². The molecule has 0 aliphatic carbocycles. The van der Waals surface area contributed by atoms with Gasteiger partial charge in [0, 0.05) is 106 Å². The zero-order chi connectivity index (χ0) is 49.8. The van der Waals surface area contributed by atoms with Crippen molar-refractivity contribution < 1.29 is 24.0 Å². The number of carbonyl (C=O) groups excluding carboxylic acids is 5. The Morgan fingerprint density at radius 1 is 0.764 bits per heavy atom. The second kappa shape index (κ2) is 22.0. The molecule has 0 spiro atoms. The number of fused-ring (bicyclic) bond motifs is 3. The third-order valence-corrected chi connectivity index (χ3v) is 16.4. The Labute approximate surface area is 425 Å². The van der Waals surface area contributed by atoms with Gasteiger partial charge in [-0.2, -0.15) is 5.10 Å². The summed E-state index contributed by atoms with van der Waals surface area (Å²) in [5, 5.41) is 15.5. The topological polar surface area (TPSA) is 206 Å². The zero-order valence-electron chi connectivity index (χ0n) is 41.3. The third-order valence-electron chi connectivity index (χ3n) is 15.5. The third kappa shape index (κ3) is 11.6. The molecule has 5 fully saturated rings. The maximum Gasteiger partial charge on any atom is 0.262 e. The van der Waals surface area contributed by atoms with Crippen molar-refractivity contribution in [2.24, 2.45) is 5.73 Å². The largest absolute Gasteiger partial charge is 0.369 e. The van der Waals surface area contributed by atoms with Crippen molar-refractivity contribution in [2.75, 3.05) is 78.9 Å². The second-order valence-corrected chi connectivity index (χ2v) is 21.8. The highest BCUT2D eigenvalue weighted by atomic mass is 32.2. The lowest BCUT2D eigenvalue weighted by molar-refractivity contribution is -0.136. The van der Waals surface area contributed by atoms with Crippen LogP contribution >= 0.6 is 11.8 Å². The van der Waals surface area contributed by atoms with Gasteiger partial charge in [-0.25, -0.2) is 9.97 Å². The smallest absolute Gasteiger partial charge is 0.262 e. The van der Waals surface area contributed by atoms with E-state index in [-0.39, 0.29) is 29.9 Å². The molecule has 72 heavy (non-hydrogen) atoms. The van der Waals surface area contributed by atoms with Gasteiger partial charge in [0.1, 0.15) is 16.9 Å². The van der Waals surface area contributed by atoms with E-state index in [2.05, 4.69) is 69.3 Å². The van der Waals surface area contributed by atoms with Crippen molar-refractivity contribution >= 4 is 64.3 Å². The monoisotopic (exact) mass is 998 g/mol. The van der Waals surface area contributed by atoms with Crippen LogP contribution in [0.25, 0.3) is 0 Å². The summed E-state index contributed by atoms with van der Waals surface area (Å²) in [7, 11) is 0. The molecule has 0 saturated carbocycles. The molecule has 5 saturated heterocycles. The number of amides is 5. The molecule has 4 N–H and O–H groups in total. The fourth-order valence-corrected chi connectivity index (χ4v) is 12.0. The number of nitrogens with one attached hydrogen (secondary N) is 2. The van der Waals surface area contributed by atoms with Gasteiger partial charge in [0.25, 0.3) is 11.8 Å². The van der Waals surface area contributed by atoms with E-state index in [1.165, 1.54) is 43.9 Å². The minimum atomic E-state index is -0.978. The molecular formula is C53H67N13O5S. The molecule has 4 aromatic rings. The van der Waals surface area contributed by atoms with E-state index in [9.17, 15) is 24.0 Å².